The van der Waals surface area contributed by atoms with E-state index in [4.69, 9.17) is 4.74 Å². The summed E-state index contributed by atoms with van der Waals surface area (Å²) in [6.45, 7) is 5.69. The molecule has 2 unspecified atom stereocenters. The van der Waals surface area contributed by atoms with Gasteiger partial charge < -0.3 is 14.7 Å². The molecular weight excluding hydrogens is 340 g/mol. The van der Waals surface area contributed by atoms with Gasteiger partial charge in [0.2, 0.25) is 5.78 Å². The predicted octanol–water partition coefficient (Wildman–Crippen LogP) is 2.04. The maximum Gasteiger partial charge on any atom is 0.232 e. The summed E-state index contributed by atoms with van der Waals surface area (Å²) in [5.41, 5.74) is 2.70. The van der Waals surface area contributed by atoms with E-state index in [1.807, 2.05) is 12.1 Å². The van der Waals surface area contributed by atoms with E-state index in [1.165, 1.54) is 24.2 Å². The Morgan fingerprint density at radius 3 is 2.85 bits per heavy atom. The van der Waals surface area contributed by atoms with E-state index in [0.717, 1.165) is 12.1 Å². The molecule has 1 saturated heterocycles. The summed E-state index contributed by atoms with van der Waals surface area (Å²) in [7, 11) is 0. The Hall–Kier alpha value is -2.66. The highest BCUT2D eigenvalue weighted by molar-refractivity contribution is 6.15. The van der Waals surface area contributed by atoms with Gasteiger partial charge in [-0.3, -0.25) is 9.78 Å². The number of aryl methyl sites for hydroxylation is 1. The number of hydrogen-bond donors (Lipinski definition) is 1. The van der Waals surface area contributed by atoms with Crippen LogP contribution in [0.5, 0.6) is 11.5 Å². The van der Waals surface area contributed by atoms with Gasteiger partial charge in [-0.2, -0.15) is 0 Å². The number of aromatic nitrogens is 1. The van der Waals surface area contributed by atoms with Crippen molar-refractivity contribution in [3.8, 4) is 11.5 Å². The lowest BCUT2D eigenvalue weighted by Gasteiger charge is -2.32. The van der Waals surface area contributed by atoms with E-state index in [0.29, 0.717) is 35.0 Å². The highest BCUT2D eigenvalue weighted by Crippen LogP contribution is 2.40. The van der Waals surface area contributed by atoms with Crippen LogP contribution in [0.15, 0.2) is 36.4 Å². The Balaban J connectivity index is 1.71. The lowest BCUT2D eigenvalue weighted by molar-refractivity contribution is -0.942. The number of likely N-dealkylation sites (tertiary alicyclic amines) is 1. The zero-order valence-corrected chi connectivity index (χ0v) is 15.7. The molecule has 1 aromatic carbocycles. The molecule has 4 rings (SSSR count). The summed E-state index contributed by atoms with van der Waals surface area (Å²) < 4.78 is 5.97. The van der Waals surface area contributed by atoms with Gasteiger partial charge in [0, 0.05) is 18.0 Å². The SMILES string of the molecule is Cc1cc([O-])c(C[NH+]2CCCCC2C)c2c1C(=O)/C(=C/c1ccncc1)O2. The number of pyridine rings is 1. The average molecular weight is 364 g/mol. The summed E-state index contributed by atoms with van der Waals surface area (Å²) >= 11 is 0. The number of hydrogen-bond acceptors (Lipinski definition) is 4. The van der Waals surface area contributed by atoms with Crippen molar-refractivity contribution in [2.45, 2.75) is 45.7 Å². The van der Waals surface area contributed by atoms with Gasteiger partial charge in [0.15, 0.2) is 5.76 Å². The minimum Gasteiger partial charge on any atom is -0.872 e. The largest absolute Gasteiger partial charge is 0.872 e. The second kappa shape index (κ2) is 7.16. The molecule has 5 nitrogen and oxygen atoms in total. The summed E-state index contributed by atoms with van der Waals surface area (Å²) in [6, 6.07) is 5.73. The number of nitrogens with one attached hydrogen (secondary N) is 1. The fourth-order valence-electron chi connectivity index (χ4n) is 4.09. The summed E-state index contributed by atoms with van der Waals surface area (Å²) in [6.07, 6.45) is 8.65. The molecule has 2 atom stereocenters. The van der Waals surface area contributed by atoms with E-state index in [2.05, 4.69) is 11.9 Å². The molecule has 2 aromatic rings. The van der Waals surface area contributed by atoms with E-state index < -0.39 is 0 Å². The summed E-state index contributed by atoms with van der Waals surface area (Å²) in [5.74, 6) is 0.556. The number of nitrogens with zero attached hydrogens (tertiary/aromatic N) is 1. The predicted molar refractivity (Wildman–Crippen MR) is 101 cm³/mol. The average Bonchev–Trinajstić information content (AvgIpc) is 2.97. The summed E-state index contributed by atoms with van der Waals surface area (Å²) in [5, 5.41) is 12.7. The van der Waals surface area contributed by atoms with Gasteiger partial charge in [-0.25, -0.2) is 0 Å². The third-order valence-corrected chi connectivity index (χ3v) is 5.69. The number of carbonyl (C=O) groups excluding carboxylic acids is 1. The van der Waals surface area contributed by atoms with Crippen molar-refractivity contribution < 1.29 is 19.5 Å². The number of piperidine rings is 1. The molecule has 27 heavy (non-hydrogen) atoms. The van der Waals surface area contributed by atoms with E-state index >= 15 is 0 Å². The lowest BCUT2D eigenvalue weighted by Crippen LogP contribution is -3.14. The zero-order chi connectivity index (χ0) is 19.0. The number of benzene rings is 1. The van der Waals surface area contributed by atoms with Gasteiger partial charge >= 0.3 is 0 Å². The number of quaternary nitrogens is 1. The normalized spacial score (nSPS) is 23.3. The van der Waals surface area contributed by atoms with Crippen LogP contribution < -0.4 is 14.7 Å². The second-order valence-corrected chi connectivity index (χ2v) is 7.58. The number of rotatable bonds is 3. The molecule has 1 fully saturated rings. The molecule has 2 aliphatic heterocycles. The van der Waals surface area contributed by atoms with Gasteiger partial charge in [-0.15, -0.1) is 0 Å². The second-order valence-electron chi connectivity index (χ2n) is 7.58. The van der Waals surface area contributed by atoms with Gasteiger partial charge in [0.05, 0.1) is 18.2 Å². The molecule has 1 N–H and O–H groups in total. The monoisotopic (exact) mass is 364 g/mol. The van der Waals surface area contributed by atoms with Crippen LogP contribution in [0.3, 0.4) is 0 Å². The van der Waals surface area contributed by atoms with E-state index in [9.17, 15) is 9.90 Å². The number of ether oxygens (including phenoxy) is 1. The third kappa shape index (κ3) is 3.35. The van der Waals surface area contributed by atoms with Crippen molar-refractivity contribution in [1.29, 1.82) is 0 Å². The molecule has 0 spiro atoms. The quantitative estimate of drug-likeness (QED) is 0.847. The van der Waals surface area contributed by atoms with Crippen molar-refractivity contribution >= 4 is 11.9 Å². The maximum atomic E-state index is 12.9. The van der Waals surface area contributed by atoms with Crippen molar-refractivity contribution in [3.05, 3.63) is 58.6 Å². The summed E-state index contributed by atoms with van der Waals surface area (Å²) in [4.78, 5) is 18.3. The molecule has 1 aromatic heterocycles. The van der Waals surface area contributed by atoms with Gasteiger partial charge in [0.1, 0.15) is 12.3 Å². The van der Waals surface area contributed by atoms with Crippen LogP contribution in [0.4, 0.5) is 0 Å². The molecular formula is C22H24N2O3. The Labute approximate surface area is 159 Å². The van der Waals surface area contributed by atoms with Crippen LogP contribution in [0.1, 0.15) is 53.2 Å². The Kier molecular flexibility index (Phi) is 4.70. The van der Waals surface area contributed by atoms with Crippen molar-refractivity contribution in [3.63, 3.8) is 0 Å². The first-order valence-electron chi connectivity index (χ1n) is 9.57. The molecule has 0 aliphatic carbocycles. The standard InChI is InChI=1S/C22H24N2O3/c1-14-11-18(25)17(13-24-10-4-3-5-15(24)2)22-20(14)21(26)19(27-22)12-16-6-8-23-9-7-16/h6-9,11-12,15,25H,3-5,10,13H2,1-2H3/b19-12-. The fourth-order valence-corrected chi connectivity index (χ4v) is 4.09. The maximum absolute atomic E-state index is 12.9. The topological polar surface area (TPSA) is 66.7 Å². The van der Waals surface area contributed by atoms with Gasteiger partial charge in [-0.05, 0) is 62.4 Å². The molecule has 2 aliphatic rings. The number of allylic oxidation sites excluding steroid dienone is 1. The number of ketones is 1. The van der Waals surface area contributed by atoms with Crippen LogP contribution in [0.2, 0.25) is 0 Å². The Morgan fingerprint density at radius 1 is 1.33 bits per heavy atom. The molecule has 0 bridgehead atoms. The molecule has 0 radical (unpaired) electrons. The smallest absolute Gasteiger partial charge is 0.232 e. The van der Waals surface area contributed by atoms with Crippen molar-refractivity contribution in [2.75, 3.05) is 6.54 Å². The van der Waals surface area contributed by atoms with Crippen LogP contribution in [-0.2, 0) is 6.54 Å². The Bertz CT molecular complexity index is 906. The number of carbonyl (C=O) groups is 1. The van der Waals surface area contributed by atoms with E-state index in [-0.39, 0.29) is 17.3 Å². The first-order chi connectivity index (χ1) is 13.0. The Morgan fingerprint density at radius 2 is 2.11 bits per heavy atom. The number of Topliss-reactive ketones (excluding diaryl/α,β-unsaturated/α-hetero) is 1. The zero-order valence-electron chi connectivity index (χ0n) is 15.7. The fraction of sp³-hybridized carbons (Fsp3) is 0.364. The van der Waals surface area contributed by atoms with Crippen LogP contribution >= 0.6 is 0 Å². The third-order valence-electron chi connectivity index (χ3n) is 5.69. The lowest BCUT2D eigenvalue weighted by atomic mass is 9.97. The van der Waals surface area contributed by atoms with Crippen molar-refractivity contribution in [2.24, 2.45) is 0 Å². The minimum atomic E-state index is -0.151. The highest BCUT2D eigenvalue weighted by atomic mass is 16.5. The molecule has 0 saturated carbocycles. The van der Waals surface area contributed by atoms with Crippen LogP contribution in [-0.4, -0.2) is 23.4 Å². The minimum absolute atomic E-state index is 0.0329. The molecule has 140 valence electrons. The first kappa shape index (κ1) is 17.7. The molecule has 5 heteroatoms. The van der Waals surface area contributed by atoms with Crippen LogP contribution in [0.25, 0.3) is 6.08 Å². The van der Waals surface area contributed by atoms with E-state index in [1.54, 1.807) is 31.5 Å². The van der Waals surface area contributed by atoms with Gasteiger partial charge in [0.25, 0.3) is 0 Å². The van der Waals surface area contributed by atoms with Crippen LogP contribution in [0, 0.1) is 6.92 Å². The molecule has 3 heterocycles. The number of fused-ring (bicyclic) bond motifs is 1. The highest BCUT2D eigenvalue weighted by Gasteiger charge is 2.33. The van der Waals surface area contributed by atoms with Gasteiger partial charge in [-0.1, -0.05) is 11.8 Å². The molecule has 0 amide bonds. The first-order valence-corrected chi connectivity index (χ1v) is 9.57. The van der Waals surface area contributed by atoms with Crippen molar-refractivity contribution in [1.82, 2.24) is 4.98 Å².